The highest BCUT2D eigenvalue weighted by Crippen LogP contribution is 2.35. The first-order valence-electron chi connectivity index (χ1n) is 9.03. The third kappa shape index (κ3) is 3.07. The number of fused-ring (bicyclic) bond motifs is 1. The minimum Gasteiger partial charge on any atom is -0.341 e. The van der Waals surface area contributed by atoms with Gasteiger partial charge in [-0.1, -0.05) is 78.9 Å². The molecule has 0 radical (unpaired) electrons. The van der Waals surface area contributed by atoms with E-state index < -0.39 is 0 Å². The van der Waals surface area contributed by atoms with Crippen LogP contribution < -0.4 is 0 Å². The molecule has 2 nitrogen and oxygen atoms in total. The van der Waals surface area contributed by atoms with Crippen molar-refractivity contribution in [2.45, 2.75) is 6.42 Å². The Bertz CT molecular complexity index is 1180. The number of H-pyrrole nitrogens is 1. The van der Waals surface area contributed by atoms with E-state index in [0.717, 1.165) is 29.2 Å². The van der Waals surface area contributed by atoms with Gasteiger partial charge in [-0.05, 0) is 22.2 Å². The molecule has 0 aliphatic carbocycles. The van der Waals surface area contributed by atoms with E-state index in [1.165, 1.54) is 21.2 Å². The van der Waals surface area contributed by atoms with Crippen molar-refractivity contribution in [3.8, 4) is 22.5 Å². The number of benzene rings is 3. The lowest BCUT2D eigenvalue weighted by Crippen LogP contribution is -1.87. The number of imidazole rings is 1. The Labute approximate surface area is 162 Å². The monoisotopic (exact) mass is 366 g/mol. The Morgan fingerprint density at radius 1 is 0.778 bits per heavy atom. The van der Waals surface area contributed by atoms with E-state index in [0.29, 0.717) is 0 Å². The number of hydrogen-bond donors (Lipinski definition) is 1. The fourth-order valence-electron chi connectivity index (χ4n) is 3.52. The lowest BCUT2D eigenvalue weighted by molar-refractivity contribution is 1.05. The van der Waals surface area contributed by atoms with Crippen LogP contribution in [0.2, 0.25) is 0 Å². The van der Waals surface area contributed by atoms with Crippen LogP contribution in [0.25, 0.3) is 33.3 Å². The normalized spacial score (nSPS) is 11.1. The summed E-state index contributed by atoms with van der Waals surface area (Å²) in [5.41, 5.74) is 4.43. The summed E-state index contributed by atoms with van der Waals surface area (Å²) >= 11 is 1.77. The van der Waals surface area contributed by atoms with E-state index in [9.17, 15) is 0 Å². The molecule has 0 saturated heterocycles. The first-order chi connectivity index (χ1) is 13.4. The van der Waals surface area contributed by atoms with Gasteiger partial charge < -0.3 is 4.98 Å². The van der Waals surface area contributed by atoms with Gasteiger partial charge in [0.2, 0.25) is 0 Å². The van der Waals surface area contributed by atoms with Crippen LogP contribution in [0.1, 0.15) is 10.7 Å². The fraction of sp³-hybridized carbons (Fsp3) is 0.0417. The second-order valence-corrected chi connectivity index (χ2v) is 7.59. The maximum atomic E-state index is 5.03. The van der Waals surface area contributed by atoms with Crippen LogP contribution >= 0.6 is 11.3 Å². The molecule has 0 spiro atoms. The third-order valence-electron chi connectivity index (χ3n) is 4.78. The van der Waals surface area contributed by atoms with Crippen molar-refractivity contribution in [2.24, 2.45) is 0 Å². The van der Waals surface area contributed by atoms with Gasteiger partial charge in [0.15, 0.2) is 0 Å². The predicted molar refractivity (Wildman–Crippen MR) is 114 cm³/mol. The second kappa shape index (κ2) is 6.86. The molecule has 0 fully saturated rings. The van der Waals surface area contributed by atoms with Crippen molar-refractivity contribution in [1.29, 1.82) is 0 Å². The first kappa shape index (κ1) is 16.0. The highest BCUT2D eigenvalue weighted by atomic mass is 32.1. The van der Waals surface area contributed by atoms with Gasteiger partial charge in [0, 0.05) is 22.4 Å². The van der Waals surface area contributed by atoms with Gasteiger partial charge in [-0.25, -0.2) is 4.98 Å². The molecule has 0 aliphatic rings. The summed E-state index contributed by atoms with van der Waals surface area (Å²) in [4.78, 5) is 9.94. The van der Waals surface area contributed by atoms with Gasteiger partial charge in [-0.3, -0.25) is 0 Å². The van der Waals surface area contributed by atoms with Crippen LogP contribution in [0.3, 0.4) is 0 Å². The molecule has 0 aliphatic heterocycles. The lowest BCUT2D eigenvalue weighted by Gasteiger charge is -2.07. The largest absolute Gasteiger partial charge is 0.341 e. The molecule has 0 atom stereocenters. The quantitative estimate of drug-likeness (QED) is 0.384. The number of hydrogen-bond acceptors (Lipinski definition) is 2. The van der Waals surface area contributed by atoms with Gasteiger partial charge in [0.05, 0.1) is 11.4 Å². The number of aromatic amines is 1. The van der Waals surface area contributed by atoms with Crippen molar-refractivity contribution in [1.82, 2.24) is 9.97 Å². The van der Waals surface area contributed by atoms with Gasteiger partial charge in [-0.15, -0.1) is 11.3 Å². The maximum absolute atomic E-state index is 5.03. The fourth-order valence-corrected chi connectivity index (χ4v) is 4.23. The Hall–Kier alpha value is -3.17. The van der Waals surface area contributed by atoms with Crippen molar-refractivity contribution < 1.29 is 0 Å². The highest BCUT2D eigenvalue weighted by Gasteiger charge is 2.16. The van der Waals surface area contributed by atoms with Crippen LogP contribution in [0.5, 0.6) is 0 Å². The number of aromatic nitrogens is 2. The zero-order chi connectivity index (χ0) is 18.1. The molecule has 27 heavy (non-hydrogen) atoms. The van der Waals surface area contributed by atoms with Crippen LogP contribution in [0, 0.1) is 0 Å². The lowest BCUT2D eigenvalue weighted by atomic mass is 9.99. The third-order valence-corrected chi connectivity index (χ3v) is 5.66. The molecule has 0 saturated carbocycles. The van der Waals surface area contributed by atoms with Crippen molar-refractivity contribution in [2.75, 3.05) is 0 Å². The molecular weight excluding hydrogens is 348 g/mol. The Kier molecular flexibility index (Phi) is 4.07. The molecule has 5 aromatic rings. The highest BCUT2D eigenvalue weighted by molar-refractivity contribution is 7.09. The summed E-state index contributed by atoms with van der Waals surface area (Å²) in [6, 6.07) is 29.6. The molecule has 3 aromatic carbocycles. The Balaban J connectivity index is 1.71. The molecule has 130 valence electrons. The molecule has 2 aromatic heterocycles. The molecule has 1 N–H and O–H groups in total. The Morgan fingerprint density at radius 3 is 2.44 bits per heavy atom. The van der Waals surface area contributed by atoms with Gasteiger partial charge >= 0.3 is 0 Å². The number of rotatable bonds is 4. The van der Waals surface area contributed by atoms with Crippen LogP contribution in [-0.2, 0) is 6.42 Å². The zero-order valence-electron chi connectivity index (χ0n) is 14.7. The summed E-state index contributed by atoms with van der Waals surface area (Å²) in [5.74, 6) is 0.999. The zero-order valence-corrected chi connectivity index (χ0v) is 15.5. The minimum atomic E-state index is 0.822. The Morgan fingerprint density at radius 2 is 1.59 bits per heavy atom. The summed E-state index contributed by atoms with van der Waals surface area (Å²) < 4.78 is 0. The maximum Gasteiger partial charge on any atom is 0.112 e. The smallest absolute Gasteiger partial charge is 0.112 e. The number of nitrogens with one attached hydrogen (secondary N) is 1. The average Bonchev–Trinajstić information content (AvgIpc) is 3.38. The molecule has 5 rings (SSSR count). The summed E-state index contributed by atoms with van der Waals surface area (Å²) in [5, 5.41) is 4.57. The topological polar surface area (TPSA) is 28.7 Å². The summed E-state index contributed by atoms with van der Waals surface area (Å²) in [7, 11) is 0. The van der Waals surface area contributed by atoms with Crippen molar-refractivity contribution >= 4 is 22.1 Å². The first-order valence-corrected chi connectivity index (χ1v) is 9.91. The van der Waals surface area contributed by atoms with E-state index in [2.05, 4.69) is 89.2 Å². The summed E-state index contributed by atoms with van der Waals surface area (Å²) in [6.45, 7) is 0. The average molecular weight is 366 g/mol. The van der Waals surface area contributed by atoms with E-state index in [1.54, 1.807) is 11.3 Å². The van der Waals surface area contributed by atoms with E-state index >= 15 is 0 Å². The predicted octanol–water partition coefficient (Wildman–Crippen LogP) is 6.55. The number of thiophene rings is 1. The molecule has 0 amide bonds. The van der Waals surface area contributed by atoms with Crippen molar-refractivity contribution in [3.63, 3.8) is 0 Å². The molecule has 3 heteroatoms. The molecule has 0 bridgehead atoms. The van der Waals surface area contributed by atoms with Crippen molar-refractivity contribution in [3.05, 3.63) is 101 Å². The van der Waals surface area contributed by atoms with E-state index in [4.69, 9.17) is 4.98 Å². The minimum absolute atomic E-state index is 0.822. The van der Waals surface area contributed by atoms with Gasteiger partial charge in [0.25, 0.3) is 0 Å². The van der Waals surface area contributed by atoms with E-state index in [1.807, 2.05) is 6.07 Å². The molecule has 0 unspecified atom stereocenters. The van der Waals surface area contributed by atoms with Crippen LogP contribution in [0.4, 0.5) is 0 Å². The van der Waals surface area contributed by atoms with Gasteiger partial charge in [0.1, 0.15) is 5.82 Å². The SMILES string of the molecule is c1ccc(-c2[nH]c(Cc3cccs3)nc2-c2cccc3ccccc23)cc1. The van der Waals surface area contributed by atoms with Crippen LogP contribution in [-0.4, -0.2) is 9.97 Å². The number of nitrogens with zero attached hydrogens (tertiary/aromatic N) is 1. The van der Waals surface area contributed by atoms with E-state index in [-0.39, 0.29) is 0 Å². The second-order valence-electron chi connectivity index (χ2n) is 6.56. The van der Waals surface area contributed by atoms with Gasteiger partial charge in [-0.2, -0.15) is 0 Å². The molecule has 2 heterocycles. The standard InChI is InChI=1S/C24H18N2S/c1-2-9-18(10-3-1)23-24(26-22(25-23)16-19-12-7-15-27-19)21-14-6-11-17-8-4-5-13-20(17)21/h1-15H,16H2,(H,25,26). The summed E-state index contributed by atoms with van der Waals surface area (Å²) in [6.07, 6.45) is 0.822. The molecular formula is C24H18N2S. The van der Waals surface area contributed by atoms with Crippen LogP contribution in [0.15, 0.2) is 90.3 Å².